The fourth-order valence-electron chi connectivity index (χ4n) is 2.97. The van der Waals surface area contributed by atoms with E-state index < -0.39 is 0 Å². The molecule has 5 heteroatoms. The van der Waals surface area contributed by atoms with E-state index in [4.69, 9.17) is 5.73 Å². The number of guanidine groups is 1. The molecule has 1 fully saturated rings. The van der Waals surface area contributed by atoms with Crippen LogP contribution in [0.1, 0.15) is 44.2 Å². The van der Waals surface area contributed by atoms with Crippen LogP contribution < -0.4 is 11.1 Å². The lowest BCUT2D eigenvalue weighted by molar-refractivity contribution is -0.127. The van der Waals surface area contributed by atoms with E-state index in [0.717, 1.165) is 44.5 Å². The van der Waals surface area contributed by atoms with Crippen LogP contribution in [0.15, 0.2) is 23.2 Å². The summed E-state index contributed by atoms with van der Waals surface area (Å²) in [6.45, 7) is 6.58. The van der Waals surface area contributed by atoms with Gasteiger partial charge in [0.2, 0.25) is 5.91 Å². The van der Waals surface area contributed by atoms with Crippen LogP contribution in [-0.2, 0) is 17.6 Å². The number of likely N-dealkylation sites (tertiary alicyclic amines) is 1. The topological polar surface area (TPSA) is 70.7 Å². The van der Waals surface area contributed by atoms with E-state index in [-0.39, 0.29) is 5.91 Å². The van der Waals surface area contributed by atoms with Crippen molar-refractivity contribution in [3.8, 4) is 0 Å². The van der Waals surface area contributed by atoms with Crippen molar-refractivity contribution in [1.82, 2.24) is 4.90 Å². The molecule has 5 nitrogen and oxygen atoms in total. The molecule has 3 N–H and O–H groups in total. The largest absolute Gasteiger partial charge is 0.370 e. The van der Waals surface area contributed by atoms with Crippen LogP contribution in [0.25, 0.3) is 0 Å². The monoisotopic (exact) mass is 316 g/mol. The Balaban J connectivity index is 1.88. The van der Waals surface area contributed by atoms with E-state index >= 15 is 0 Å². The molecule has 1 amide bonds. The lowest BCUT2D eigenvalue weighted by Crippen LogP contribution is -2.27. The zero-order valence-electron chi connectivity index (χ0n) is 14.3. The molecule has 0 aliphatic carbocycles. The highest BCUT2D eigenvalue weighted by Gasteiger charge is 2.18. The van der Waals surface area contributed by atoms with Crippen molar-refractivity contribution in [2.75, 3.05) is 25.0 Å². The second kappa shape index (κ2) is 8.56. The van der Waals surface area contributed by atoms with Gasteiger partial charge in [0.25, 0.3) is 0 Å². The summed E-state index contributed by atoms with van der Waals surface area (Å²) in [7, 11) is 0. The molecule has 0 atom stereocenters. The number of carbonyl (C=O) groups excluding carboxylic acids is 1. The Kier molecular flexibility index (Phi) is 6.44. The van der Waals surface area contributed by atoms with Crippen LogP contribution in [0.2, 0.25) is 0 Å². The lowest BCUT2D eigenvalue weighted by Gasteiger charge is -2.16. The first-order valence-corrected chi connectivity index (χ1v) is 8.61. The van der Waals surface area contributed by atoms with E-state index in [0.29, 0.717) is 18.9 Å². The van der Waals surface area contributed by atoms with Crippen LogP contribution in [0.3, 0.4) is 0 Å². The van der Waals surface area contributed by atoms with Crippen molar-refractivity contribution in [1.29, 1.82) is 0 Å². The molecule has 0 radical (unpaired) electrons. The van der Waals surface area contributed by atoms with Crippen molar-refractivity contribution < 1.29 is 4.79 Å². The maximum absolute atomic E-state index is 11.5. The summed E-state index contributed by atoms with van der Waals surface area (Å²) in [4.78, 5) is 17.9. The lowest BCUT2D eigenvalue weighted by atomic mass is 10.0. The second-order valence-corrected chi connectivity index (χ2v) is 5.89. The molecule has 0 bridgehead atoms. The normalized spacial score (nSPS) is 15.3. The number of amides is 1. The van der Waals surface area contributed by atoms with Crippen molar-refractivity contribution in [2.45, 2.75) is 46.0 Å². The first-order chi connectivity index (χ1) is 11.2. The molecule has 0 saturated carbocycles. The number of anilines is 1. The molecular weight excluding hydrogens is 288 g/mol. The maximum atomic E-state index is 11.5. The van der Waals surface area contributed by atoms with Crippen LogP contribution >= 0.6 is 0 Å². The Hall–Kier alpha value is -2.04. The van der Waals surface area contributed by atoms with Crippen LogP contribution in [0.5, 0.6) is 0 Å². The molecule has 23 heavy (non-hydrogen) atoms. The molecule has 1 heterocycles. The molecule has 2 rings (SSSR count). The number of hydrogen-bond acceptors (Lipinski definition) is 2. The summed E-state index contributed by atoms with van der Waals surface area (Å²) in [6.07, 6.45) is 4.45. The number of benzene rings is 1. The number of para-hydroxylation sites is 1. The number of aryl methyl sites for hydroxylation is 2. The Labute approximate surface area is 139 Å². The van der Waals surface area contributed by atoms with Gasteiger partial charge in [0.05, 0.1) is 0 Å². The Bertz CT molecular complexity index is 546. The highest BCUT2D eigenvalue weighted by Crippen LogP contribution is 2.22. The van der Waals surface area contributed by atoms with E-state index in [9.17, 15) is 4.79 Å². The van der Waals surface area contributed by atoms with Crippen molar-refractivity contribution in [3.05, 3.63) is 29.3 Å². The number of nitrogens with two attached hydrogens (primary N) is 1. The molecular formula is C18H28N4O. The minimum atomic E-state index is 0.268. The van der Waals surface area contributed by atoms with Gasteiger partial charge in [0.15, 0.2) is 5.96 Å². The predicted octanol–water partition coefficient (Wildman–Crippen LogP) is 2.55. The molecule has 0 unspecified atom stereocenters. The first-order valence-electron chi connectivity index (χ1n) is 8.61. The molecule has 1 saturated heterocycles. The van der Waals surface area contributed by atoms with E-state index in [1.807, 2.05) is 4.90 Å². The number of rotatable bonds is 7. The molecule has 126 valence electrons. The van der Waals surface area contributed by atoms with Crippen molar-refractivity contribution >= 4 is 17.6 Å². The zero-order chi connectivity index (χ0) is 16.7. The van der Waals surface area contributed by atoms with Gasteiger partial charge in [0.1, 0.15) is 0 Å². The molecule has 1 aliphatic heterocycles. The number of carbonyl (C=O) groups is 1. The van der Waals surface area contributed by atoms with E-state index in [1.54, 1.807) is 0 Å². The molecule has 0 spiro atoms. The van der Waals surface area contributed by atoms with Gasteiger partial charge in [-0.1, -0.05) is 32.0 Å². The average molecular weight is 316 g/mol. The number of nitrogens with one attached hydrogen (secondary N) is 1. The fraction of sp³-hybridized carbons (Fsp3) is 0.556. The SMILES string of the molecule is CCc1cccc(CC)c1NC(N)=NCCCN1CCCC1=O. The minimum Gasteiger partial charge on any atom is -0.370 e. The fourth-order valence-corrected chi connectivity index (χ4v) is 2.97. The predicted molar refractivity (Wildman–Crippen MR) is 95.7 cm³/mol. The molecule has 0 aromatic heterocycles. The van der Waals surface area contributed by atoms with E-state index in [2.05, 4.69) is 42.4 Å². The molecule has 1 aromatic rings. The smallest absolute Gasteiger partial charge is 0.222 e. The number of nitrogens with zero attached hydrogens (tertiary/aromatic N) is 2. The summed E-state index contributed by atoms with van der Waals surface area (Å²) in [5.74, 6) is 0.720. The summed E-state index contributed by atoms with van der Waals surface area (Å²) < 4.78 is 0. The van der Waals surface area contributed by atoms with Gasteiger partial charge >= 0.3 is 0 Å². The summed E-state index contributed by atoms with van der Waals surface area (Å²) in [5, 5.41) is 3.27. The quantitative estimate of drug-likeness (QED) is 0.461. The third kappa shape index (κ3) is 4.71. The summed E-state index contributed by atoms with van der Waals surface area (Å²) >= 11 is 0. The van der Waals surface area contributed by atoms with Crippen LogP contribution in [-0.4, -0.2) is 36.4 Å². The first kappa shape index (κ1) is 17.3. The van der Waals surface area contributed by atoms with Gasteiger partial charge in [-0.15, -0.1) is 0 Å². The summed E-state index contributed by atoms with van der Waals surface area (Å²) in [6, 6.07) is 6.32. The maximum Gasteiger partial charge on any atom is 0.222 e. The summed E-state index contributed by atoms with van der Waals surface area (Å²) in [5.41, 5.74) is 9.63. The Morgan fingerprint density at radius 2 is 2.00 bits per heavy atom. The van der Waals surface area contributed by atoms with Gasteiger partial charge in [-0.05, 0) is 36.8 Å². The van der Waals surface area contributed by atoms with Gasteiger partial charge in [0, 0.05) is 31.7 Å². The Morgan fingerprint density at radius 1 is 1.30 bits per heavy atom. The van der Waals surface area contributed by atoms with Gasteiger partial charge in [-0.2, -0.15) is 0 Å². The third-order valence-electron chi connectivity index (χ3n) is 4.29. The molecule has 1 aliphatic rings. The molecule has 1 aromatic carbocycles. The second-order valence-electron chi connectivity index (χ2n) is 5.89. The van der Waals surface area contributed by atoms with Crippen LogP contribution in [0.4, 0.5) is 5.69 Å². The van der Waals surface area contributed by atoms with Gasteiger partial charge in [-0.3, -0.25) is 9.79 Å². The van der Waals surface area contributed by atoms with Gasteiger partial charge < -0.3 is 16.0 Å². The van der Waals surface area contributed by atoms with Crippen LogP contribution in [0, 0.1) is 0 Å². The average Bonchev–Trinajstić information content (AvgIpc) is 2.97. The Morgan fingerprint density at radius 3 is 2.57 bits per heavy atom. The van der Waals surface area contributed by atoms with E-state index in [1.165, 1.54) is 11.1 Å². The third-order valence-corrected chi connectivity index (χ3v) is 4.29. The highest BCUT2D eigenvalue weighted by molar-refractivity contribution is 5.93. The van der Waals surface area contributed by atoms with Gasteiger partial charge in [-0.25, -0.2) is 0 Å². The van der Waals surface area contributed by atoms with Crippen molar-refractivity contribution in [2.24, 2.45) is 10.7 Å². The number of aliphatic imine (C=N–C) groups is 1. The zero-order valence-corrected chi connectivity index (χ0v) is 14.3. The standard InChI is InChI=1S/C18H28N4O/c1-3-14-8-5-9-15(4-2)17(14)21-18(19)20-11-7-13-22-12-6-10-16(22)23/h5,8-9H,3-4,6-7,10-13H2,1-2H3,(H3,19,20,21). The van der Waals surface area contributed by atoms with Crippen molar-refractivity contribution in [3.63, 3.8) is 0 Å². The minimum absolute atomic E-state index is 0.268. The highest BCUT2D eigenvalue weighted by atomic mass is 16.2. The number of hydrogen-bond donors (Lipinski definition) is 2.